The molecule has 1 rings (SSSR count). The number of nitrogens with zero attached hydrogens (tertiary/aromatic N) is 2. The third kappa shape index (κ3) is 3.84. The fourth-order valence-electron chi connectivity index (χ4n) is 1.46. The van der Waals surface area contributed by atoms with Crippen LogP contribution in [0.25, 0.3) is 0 Å². The van der Waals surface area contributed by atoms with Crippen LogP contribution in [0.4, 0.5) is 5.82 Å². The van der Waals surface area contributed by atoms with Crippen molar-refractivity contribution in [3.63, 3.8) is 0 Å². The molecule has 2 amide bonds. The molecular weight excluding hydrogens is 288 g/mol. The van der Waals surface area contributed by atoms with Crippen LogP contribution in [-0.4, -0.2) is 31.0 Å². The zero-order chi connectivity index (χ0) is 14.6. The van der Waals surface area contributed by atoms with E-state index >= 15 is 0 Å². The van der Waals surface area contributed by atoms with E-state index in [9.17, 15) is 18.0 Å². The van der Waals surface area contributed by atoms with Gasteiger partial charge in [0.25, 0.3) is 0 Å². The normalized spacial score (nSPS) is 11.3. The summed E-state index contributed by atoms with van der Waals surface area (Å²) < 4.78 is 23.8. The maximum atomic E-state index is 11.9. The molecule has 0 atom stereocenters. The van der Waals surface area contributed by atoms with Crippen molar-refractivity contribution < 1.29 is 18.0 Å². The lowest BCUT2D eigenvalue weighted by Crippen LogP contribution is -2.33. The molecular formula is C11H16N2O4S2. The summed E-state index contributed by atoms with van der Waals surface area (Å²) in [5.41, 5.74) is 0. The standard InChI is InChI=1S/C11H16N2O4S2/c1-4-5-6-19(16,17)11-12-10(7-18-11)13(8(2)14)9(3)15/h7H,4-6H2,1-3H3. The lowest BCUT2D eigenvalue weighted by Gasteiger charge is -2.13. The van der Waals surface area contributed by atoms with Gasteiger partial charge in [0.1, 0.15) is 0 Å². The molecule has 0 radical (unpaired) electrons. The number of amides is 2. The number of aromatic nitrogens is 1. The number of anilines is 1. The third-order valence-corrected chi connectivity index (χ3v) is 5.48. The summed E-state index contributed by atoms with van der Waals surface area (Å²) >= 11 is 0.925. The molecule has 0 N–H and O–H groups in total. The van der Waals surface area contributed by atoms with Gasteiger partial charge in [0, 0.05) is 19.2 Å². The Bertz CT molecular complexity index is 563. The first kappa shape index (κ1) is 15.8. The van der Waals surface area contributed by atoms with Gasteiger partial charge < -0.3 is 0 Å². The van der Waals surface area contributed by atoms with Crippen molar-refractivity contribution in [2.24, 2.45) is 0 Å². The minimum atomic E-state index is -3.43. The fourth-order valence-corrected chi connectivity index (χ4v) is 4.03. The average molecular weight is 304 g/mol. The van der Waals surface area contributed by atoms with Crippen molar-refractivity contribution in [2.75, 3.05) is 10.7 Å². The van der Waals surface area contributed by atoms with Gasteiger partial charge >= 0.3 is 0 Å². The van der Waals surface area contributed by atoms with Crippen LogP contribution in [0.1, 0.15) is 33.6 Å². The van der Waals surface area contributed by atoms with E-state index in [1.54, 1.807) is 0 Å². The Balaban J connectivity index is 3.05. The maximum Gasteiger partial charge on any atom is 0.231 e. The Morgan fingerprint density at radius 3 is 2.37 bits per heavy atom. The molecule has 0 bridgehead atoms. The first-order valence-electron chi connectivity index (χ1n) is 5.79. The molecule has 0 aromatic carbocycles. The predicted molar refractivity (Wildman–Crippen MR) is 72.9 cm³/mol. The van der Waals surface area contributed by atoms with Gasteiger partial charge in [-0.15, -0.1) is 11.3 Å². The zero-order valence-electron chi connectivity index (χ0n) is 11.0. The molecule has 19 heavy (non-hydrogen) atoms. The fraction of sp³-hybridized carbons (Fsp3) is 0.545. The molecule has 0 spiro atoms. The van der Waals surface area contributed by atoms with Crippen molar-refractivity contribution >= 4 is 38.8 Å². The predicted octanol–water partition coefficient (Wildman–Crippen LogP) is 1.62. The van der Waals surface area contributed by atoms with Gasteiger partial charge in [-0.25, -0.2) is 18.3 Å². The number of carbonyl (C=O) groups excluding carboxylic acids is 2. The maximum absolute atomic E-state index is 11.9. The SMILES string of the molecule is CCCCS(=O)(=O)c1nc(N(C(C)=O)C(C)=O)cs1. The Hall–Kier alpha value is -1.28. The third-order valence-electron chi connectivity index (χ3n) is 2.36. The van der Waals surface area contributed by atoms with Crippen molar-refractivity contribution in [1.29, 1.82) is 0 Å². The molecule has 1 heterocycles. The number of hydrogen-bond donors (Lipinski definition) is 0. The van der Waals surface area contributed by atoms with E-state index in [-0.39, 0.29) is 15.9 Å². The van der Waals surface area contributed by atoms with E-state index in [0.29, 0.717) is 6.42 Å². The van der Waals surface area contributed by atoms with Gasteiger partial charge in [-0.2, -0.15) is 0 Å². The number of hydrogen-bond acceptors (Lipinski definition) is 6. The second kappa shape index (κ2) is 6.25. The minimum Gasteiger partial charge on any atom is -0.274 e. The smallest absolute Gasteiger partial charge is 0.231 e. The molecule has 106 valence electrons. The van der Waals surface area contributed by atoms with Gasteiger partial charge in [-0.05, 0) is 6.42 Å². The lowest BCUT2D eigenvalue weighted by molar-refractivity contribution is -0.124. The van der Waals surface area contributed by atoms with Crippen LogP contribution < -0.4 is 4.90 Å². The van der Waals surface area contributed by atoms with Gasteiger partial charge in [0.15, 0.2) is 5.82 Å². The number of sulfone groups is 1. The van der Waals surface area contributed by atoms with Crippen molar-refractivity contribution in [2.45, 2.75) is 38.0 Å². The number of unbranched alkanes of at least 4 members (excludes halogenated alkanes) is 1. The average Bonchev–Trinajstić information content (AvgIpc) is 2.75. The molecule has 6 nitrogen and oxygen atoms in total. The molecule has 0 aliphatic rings. The van der Waals surface area contributed by atoms with E-state index < -0.39 is 21.7 Å². The van der Waals surface area contributed by atoms with E-state index in [1.807, 2.05) is 6.92 Å². The summed E-state index contributed by atoms with van der Waals surface area (Å²) in [6, 6.07) is 0. The second-order valence-corrected chi connectivity index (χ2v) is 7.16. The van der Waals surface area contributed by atoms with E-state index in [0.717, 1.165) is 22.7 Å². The summed E-state index contributed by atoms with van der Waals surface area (Å²) in [6.07, 6.45) is 1.32. The molecule has 0 fully saturated rings. The number of carbonyl (C=O) groups is 2. The Kier molecular flexibility index (Phi) is 5.19. The Morgan fingerprint density at radius 2 is 1.89 bits per heavy atom. The highest BCUT2D eigenvalue weighted by Gasteiger charge is 2.23. The topological polar surface area (TPSA) is 84.4 Å². The first-order chi connectivity index (χ1) is 8.79. The zero-order valence-corrected chi connectivity index (χ0v) is 12.7. The summed E-state index contributed by atoms with van der Waals surface area (Å²) in [5.74, 6) is -0.887. The second-order valence-electron chi connectivity index (χ2n) is 4.02. The molecule has 0 aliphatic carbocycles. The summed E-state index contributed by atoms with van der Waals surface area (Å²) in [5, 5.41) is 1.40. The van der Waals surface area contributed by atoms with Gasteiger partial charge in [-0.1, -0.05) is 13.3 Å². The van der Waals surface area contributed by atoms with Crippen LogP contribution in [0.15, 0.2) is 9.72 Å². The van der Waals surface area contributed by atoms with Crippen LogP contribution in [0, 0.1) is 0 Å². The van der Waals surface area contributed by atoms with Crippen molar-refractivity contribution in [3.05, 3.63) is 5.38 Å². The first-order valence-corrected chi connectivity index (χ1v) is 8.32. The summed E-state index contributed by atoms with van der Waals surface area (Å²) in [4.78, 5) is 27.4. The highest BCUT2D eigenvalue weighted by molar-refractivity contribution is 7.93. The molecule has 1 aromatic heterocycles. The molecule has 1 aromatic rings. The van der Waals surface area contributed by atoms with E-state index in [4.69, 9.17) is 0 Å². The lowest BCUT2D eigenvalue weighted by atomic mass is 10.4. The number of rotatable bonds is 5. The van der Waals surface area contributed by atoms with E-state index in [1.165, 1.54) is 19.2 Å². The monoisotopic (exact) mass is 304 g/mol. The van der Waals surface area contributed by atoms with Gasteiger partial charge in [0.05, 0.1) is 5.75 Å². The molecule has 0 saturated carbocycles. The molecule has 0 saturated heterocycles. The van der Waals surface area contributed by atoms with Crippen LogP contribution in [0.3, 0.4) is 0 Å². The molecule has 0 unspecified atom stereocenters. The number of thiazole rings is 1. The van der Waals surface area contributed by atoms with Crippen LogP contribution in [-0.2, 0) is 19.4 Å². The Labute approximate surface area is 116 Å². The van der Waals surface area contributed by atoms with Crippen LogP contribution in [0.5, 0.6) is 0 Å². The van der Waals surface area contributed by atoms with Crippen LogP contribution >= 0.6 is 11.3 Å². The molecule has 8 heteroatoms. The minimum absolute atomic E-state index is 0.0244. The highest BCUT2D eigenvalue weighted by Crippen LogP contribution is 2.24. The summed E-state index contributed by atoms with van der Waals surface area (Å²) in [6.45, 7) is 4.36. The quantitative estimate of drug-likeness (QED) is 0.825. The molecule has 0 aliphatic heterocycles. The van der Waals surface area contributed by atoms with Gasteiger partial charge in [0.2, 0.25) is 26.0 Å². The van der Waals surface area contributed by atoms with Crippen molar-refractivity contribution in [1.82, 2.24) is 4.98 Å². The van der Waals surface area contributed by atoms with Gasteiger partial charge in [-0.3, -0.25) is 9.59 Å². The summed E-state index contributed by atoms with van der Waals surface area (Å²) in [7, 11) is -3.43. The van der Waals surface area contributed by atoms with Crippen LogP contribution in [0.2, 0.25) is 0 Å². The van der Waals surface area contributed by atoms with Crippen molar-refractivity contribution in [3.8, 4) is 0 Å². The Morgan fingerprint density at radius 1 is 1.32 bits per heavy atom. The number of imide groups is 1. The van der Waals surface area contributed by atoms with E-state index in [2.05, 4.69) is 4.98 Å². The highest BCUT2D eigenvalue weighted by atomic mass is 32.2. The largest absolute Gasteiger partial charge is 0.274 e.